The van der Waals surface area contributed by atoms with Gasteiger partial charge in [0.1, 0.15) is 32.1 Å². The number of imide groups is 2. The number of nitrogens with two attached hydrogens (primary N) is 2. The van der Waals surface area contributed by atoms with Gasteiger partial charge in [0.25, 0.3) is 35.4 Å². The van der Waals surface area contributed by atoms with Crippen molar-refractivity contribution in [3.63, 3.8) is 0 Å². The number of ether oxygens (including phenoxy) is 2. The SMILES string of the molecule is CCOC(=O)c1cc2c(s1)CCCn1ncc(Br)c1-2.CCOC(=O)c1cc2c(s1)CCCn1nccc1-2.NC[C@H](Cc1cccc(F)c1)NC(=O)c1cc2c(s1)CCCn1ncc(Br)c1-2.N[C@@H](Cc1cccc(F)c1)CN1C(=O)c2ccccc2C1=O.O=C(N[C@@H](Cc1cccc(F)c1)CN1C(=O)c2ccccc2C1=O)c1cc2c(s1)CCCn1ncc(Br)c1-2.O=C(O)c1cc2c(s1)CCCn1ncc(Br)c1-2. The lowest BCUT2D eigenvalue weighted by molar-refractivity contribution is 0.0522. The number of rotatable bonds is 20. The quantitative estimate of drug-likeness (QED) is 0.0349. The molecule has 5 aromatic carbocycles. The molecule has 10 aromatic heterocycles. The fourth-order valence-corrected chi connectivity index (χ4v) is 25.5. The molecule has 0 saturated heterocycles. The van der Waals surface area contributed by atoms with Crippen LogP contribution >= 0.6 is 120 Å². The van der Waals surface area contributed by atoms with Gasteiger partial charge in [0.15, 0.2) is 0 Å². The van der Waals surface area contributed by atoms with E-state index in [4.69, 9.17) is 26.0 Å². The first-order chi connectivity index (χ1) is 68.6. The van der Waals surface area contributed by atoms with Crippen molar-refractivity contribution in [1.29, 1.82) is 0 Å². The molecule has 40 heteroatoms. The molecule has 17 heterocycles. The molecule has 28 nitrogen and oxygen atoms in total. The molecule has 0 spiro atoms. The van der Waals surface area contributed by atoms with E-state index in [1.807, 2.05) is 86.0 Å². The van der Waals surface area contributed by atoms with Gasteiger partial charge in [-0.3, -0.25) is 62.0 Å². The molecule has 0 bridgehead atoms. The largest absolute Gasteiger partial charge is 0.477 e. The van der Waals surface area contributed by atoms with Crippen molar-refractivity contribution in [3.8, 4) is 56.3 Å². The first kappa shape index (κ1) is 101. The highest BCUT2D eigenvalue weighted by molar-refractivity contribution is 9.11. The number of fused-ring (bicyclic) bond motifs is 17. The van der Waals surface area contributed by atoms with Crippen molar-refractivity contribution < 1.29 is 70.9 Å². The van der Waals surface area contributed by atoms with E-state index in [1.54, 1.807) is 115 Å². The van der Waals surface area contributed by atoms with Gasteiger partial charge >= 0.3 is 17.9 Å². The molecular weight excluding hydrogens is 2180 g/mol. The zero-order valence-corrected chi connectivity index (χ0v) is 87.0. The number of hydrogen-bond acceptors (Lipinski definition) is 23. The zero-order valence-electron chi connectivity index (χ0n) is 76.5. The van der Waals surface area contributed by atoms with Crippen LogP contribution in [-0.2, 0) is 93.6 Å². The topological polar surface area (TPSA) is 364 Å². The van der Waals surface area contributed by atoms with Crippen LogP contribution < -0.4 is 22.1 Å². The van der Waals surface area contributed by atoms with Gasteiger partial charge in [-0.05, 0) is 275 Å². The number of carboxylic acids is 1. The Labute approximate surface area is 867 Å². The summed E-state index contributed by atoms with van der Waals surface area (Å²) in [5.41, 5.74) is 26.0. The molecule has 0 radical (unpaired) electrons. The summed E-state index contributed by atoms with van der Waals surface area (Å²) in [4.78, 5) is 123. The van der Waals surface area contributed by atoms with Gasteiger partial charge < -0.3 is 36.7 Å². The first-order valence-corrected chi connectivity index (χ1v) is 53.2. The number of carboxylic acid groups (broad SMARTS) is 1. The molecule has 7 aliphatic rings. The fourth-order valence-electron chi connectivity index (χ4n) is 18.0. The molecule has 3 atom stereocenters. The number of amides is 6. The predicted molar refractivity (Wildman–Crippen MR) is 552 cm³/mol. The Morgan fingerprint density at radius 2 is 0.725 bits per heavy atom. The third-order valence-corrected chi connectivity index (χ3v) is 32.6. The summed E-state index contributed by atoms with van der Waals surface area (Å²) in [6.07, 6.45) is 19.7. The number of carbonyl (C=O) groups excluding carboxylic acids is 8. The van der Waals surface area contributed by atoms with Crippen LogP contribution in [0.2, 0.25) is 0 Å². The maximum absolute atomic E-state index is 13.9. The maximum atomic E-state index is 13.9. The minimum absolute atomic E-state index is 0.0298. The standard InChI is InChI=1S/C28H22BrFN4O3S.C20H20BrFN4OS.C17H15FN2O2.C13H13BrN2O2S.C13H14N2O2S.C11H9BrN2O2S/c29-22-14-31-34-10-4-9-23-21(25(22)34)13-24(38-23)26(35)32-18(12-16-5-3-6-17(30)11-16)15-33-27(36)19-7-1-2-8-20(19)28(33)37;21-16-11-24-26-6-2-5-17-15(19(16)26)9-18(28-17)20(27)25-14(10-23)8-12-3-1-4-13(22)7-12;18-12-5-3-4-11(8-12)9-13(19)10-20-16(21)14-6-1-2-7-15(14)17(20)22;1-2-18-13(17)11-6-8-10(19-11)4-3-5-16-12(8)9(14)7-15-16;1-2-17-13(16)12-8-9-10-5-6-14-15(10)7-3-4-11(9)18-12;12-7-5-13-14-3-1-2-8-6(10(7)14)4-9(17-8)11(15)16/h1-3,5-8,11,13-14,18H,4,9-10,12,15H2,(H,32,35);1,3-4,7,9,11,14H,2,5-6,8,10,23H2,(H,25,27);1-8,13H,9-10,19H2;6-7H,2-5H2,1H3;5-6,8H,2-4,7H2,1H3;4-5H,1-3H2,(H,15,16)/t18-;14-;13-;;;/m000.../s1. The number of halogens is 7. The van der Waals surface area contributed by atoms with Crippen molar-refractivity contribution in [2.24, 2.45) is 11.5 Å². The van der Waals surface area contributed by atoms with Gasteiger partial charge in [-0.25, -0.2) is 27.6 Å². The molecule has 22 rings (SSSR count). The summed E-state index contributed by atoms with van der Waals surface area (Å²) in [5.74, 6) is -4.21. The summed E-state index contributed by atoms with van der Waals surface area (Å²) in [6, 6.07) is 42.1. The summed E-state index contributed by atoms with van der Waals surface area (Å²) in [5, 5.41) is 36.9. The molecule has 6 amide bonds. The smallest absolute Gasteiger partial charge is 0.348 e. The molecule has 15 aromatic rings. The number of carbonyl (C=O) groups is 9. The number of nitrogens with zero attached hydrogens (tertiary/aromatic N) is 12. The number of aromatic carboxylic acids is 1. The first-order valence-electron chi connectivity index (χ1n) is 46.0. The Bertz CT molecular complexity index is 7240. The monoisotopic (exact) mass is 2270 g/mol. The van der Waals surface area contributed by atoms with Gasteiger partial charge in [-0.2, -0.15) is 25.5 Å². The van der Waals surface area contributed by atoms with Gasteiger partial charge in [0.05, 0.1) is 122 Å². The van der Waals surface area contributed by atoms with Crippen molar-refractivity contribution >= 4 is 174 Å². The van der Waals surface area contributed by atoms with E-state index in [1.165, 1.54) is 96.4 Å². The van der Waals surface area contributed by atoms with E-state index in [0.717, 1.165) is 202 Å². The molecule has 0 unspecified atom stereocenters. The number of esters is 2. The van der Waals surface area contributed by atoms with Gasteiger partial charge in [0.2, 0.25) is 0 Å². The van der Waals surface area contributed by atoms with E-state index in [2.05, 4.69) is 99.8 Å². The Hall–Kier alpha value is -12.1. The highest BCUT2D eigenvalue weighted by atomic mass is 79.9. The fraction of sp³-hybridized carbons (Fsp3) is 0.275. The average Bonchev–Trinajstić information content (AvgIpc) is 1.66. The highest BCUT2D eigenvalue weighted by Gasteiger charge is 2.40. The van der Waals surface area contributed by atoms with E-state index in [0.29, 0.717) is 78.3 Å². The van der Waals surface area contributed by atoms with Gasteiger partial charge in [0, 0.05) is 123 Å². The lowest BCUT2D eigenvalue weighted by Crippen LogP contribution is -2.46. The van der Waals surface area contributed by atoms with Crippen LogP contribution in [0, 0.1) is 17.5 Å². The Balaban J connectivity index is 0.000000120. The van der Waals surface area contributed by atoms with Crippen LogP contribution in [0.15, 0.2) is 207 Å². The van der Waals surface area contributed by atoms with Crippen molar-refractivity contribution in [2.75, 3.05) is 32.8 Å². The third-order valence-electron chi connectivity index (χ3n) is 24.4. The summed E-state index contributed by atoms with van der Waals surface area (Å²) in [7, 11) is 0. The second-order valence-electron chi connectivity index (χ2n) is 34.1. The highest BCUT2D eigenvalue weighted by Crippen LogP contribution is 2.45. The number of benzene rings is 5. The van der Waals surface area contributed by atoms with E-state index < -0.39 is 35.7 Å². The summed E-state index contributed by atoms with van der Waals surface area (Å²) in [6.45, 7) is 9.25. The van der Waals surface area contributed by atoms with Gasteiger partial charge in [-0.15, -0.1) is 56.7 Å². The van der Waals surface area contributed by atoms with Crippen molar-refractivity contribution in [2.45, 2.75) is 148 Å². The van der Waals surface area contributed by atoms with Gasteiger partial charge in [-0.1, -0.05) is 60.7 Å². The lowest BCUT2D eigenvalue weighted by Gasteiger charge is -2.24. The number of aromatic nitrogens is 10. The zero-order chi connectivity index (χ0) is 99.7. The average molecular weight is 2270 g/mol. The molecule has 142 heavy (non-hydrogen) atoms. The number of thiophene rings is 5. The van der Waals surface area contributed by atoms with E-state index >= 15 is 0 Å². The molecule has 732 valence electrons. The third kappa shape index (κ3) is 22.9. The number of hydrogen-bond donors (Lipinski definition) is 5. The number of aryl methyl sites for hydroxylation is 10. The van der Waals surface area contributed by atoms with Crippen molar-refractivity contribution in [3.05, 3.63) is 312 Å². The molecule has 0 fully saturated rings. The Morgan fingerprint density at radius 3 is 1.10 bits per heavy atom. The normalized spacial score (nSPS) is 14.4. The van der Waals surface area contributed by atoms with Crippen LogP contribution in [0.4, 0.5) is 13.2 Å². The van der Waals surface area contributed by atoms with E-state index in [9.17, 15) is 56.3 Å². The Morgan fingerprint density at radius 1 is 0.401 bits per heavy atom. The van der Waals surface area contributed by atoms with E-state index in [-0.39, 0.29) is 79.3 Å². The molecule has 0 aliphatic carbocycles. The van der Waals surface area contributed by atoms with Crippen LogP contribution in [-0.4, -0.2) is 168 Å². The van der Waals surface area contributed by atoms with Crippen LogP contribution in [0.3, 0.4) is 0 Å². The predicted octanol–water partition coefficient (Wildman–Crippen LogP) is 20.1. The van der Waals surface area contributed by atoms with Crippen LogP contribution in [0.25, 0.3) is 56.3 Å². The minimum atomic E-state index is -0.856. The molecule has 7 N–H and O–H groups in total. The van der Waals surface area contributed by atoms with Crippen LogP contribution in [0.1, 0.15) is 177 Å². The minimum Gasteiger partial charge on any atom is -0.477 e. The number of nitrogens with one attached hydrogen (secondary N) is 2. The molecule has 7 aliphatic heterocycles. The second kappa shape index (κ2) is 45.7. The molecule has 0 saturated carbocycles. The maximum Gasteiger partial charge on any atom is 0.348 e. The summed E-state index contributed by atoms with van der Waals surface area (Å²) < 4.78 is 64.2. The molecular formula is C102H93Br4F3N16O12S5. The Kier molecular flexibility index (Phi) is 32.6. The second-order valence-corrected chi connectivity index (χ2v) is 43.2. The summed E-state index contributed by atoms with van der Waals surface area (Å²) >= 11 is 21.6. The van der Waals surface area contributed by atoms with Crippen molar-refractivity contribution in [1.82, 2.24) is 69.3 Å². The lowest BCUT2D eigenvalue weighted by atomic mass is 10.0. The van der Waals surface area contributed by atoms with Crippen LogP contribution in [0.5, 0.6) is 0 Å².